The molecule has 0 aliphatic carbocycles. The molecular weight excluding hydrogens is 344 g/mol. The number of fused-ring (bicyclic) bond motifs is 1. The third kappa shape index (κ3) is 4.13. The van der Waals surface area contributed by atoms with E-state index in [1.54, 1.807) is 16.8 Å². The molecule has 27 heavy (non-hydrogen) atoms. The zero-order chi connectivity index (χ0) is 19.4. The maximum atomic E-state index is 12.8. The summed E-state index contributed by atoms with van der Waals surface area (Å²) in [5.41, 5.74) is 3.94. The van der Waals surface area contributed by atoms with Gasteiger partial charge in [-0.1, -0.05) is 35.0 Å². The molecule has 0 saturated heterocycles. The van der Waals surface area contributed by atoms with Gasteiger partial charge in [0, 0.05) is 12.1 Å². The third-order valence-electron chi connectivity index (χ3n) is 4.46. The Morgan fingerprint density at radius 3 is 2.59 bits per heavy atom. The molecule has 1 heterocycles. The standard InChI is InChI=1S/C20H22N4O3/c1-4-24-18-10-9-15(11-17(18)22-23-24)20(26)21-16(12-19(25)27-3)14-7-5-13(2)6-8-14/h5-11,16H,4,12H2,1-3H3,(H,21,26)/t16-/m1/s1. The quantitative estimate of drug-likeness (QED) is 0.678. The first-order valence-corrected chi connectivity index (χ1v) is 8.79. The Kier molecular flexibility index (Phi) is 5.49. The van der Waals surface area contributed by atoms with Gasteiger partial charge < -0.3 is 10.1 Å². The first-order valence-electron chi connectivity index (χ1n) is 8.79. The van der Waals surface area contributed by atoms with E-state index in [1.165, 1.54) is 7.11 Å². The zero-order valence-corrected chi connectivity index (χ0v) is 15.6. The molecule has 2 aromatic carbocycles. The predicted octanol–water partition coefficient (Wildman–Crippen LogP) is 2.79. The van der Waals surface area contributed by atoms with Gasteiger partial charge in [0.1, 0.15) is 5.52 Å². The highest BCUT2D eigenvalue weighted by Gasteiger charge is 2.20. The van der Waals surface area contributed by atoms with Crippen LogP contribution in [0.4, 0.5) is 0 Å². The summed E-state index contributed by atoms with van der Waals surface area (Å²) >= 11 is 0. The highest BCUT2D eigenvalue weighted by molar-refractivity contribution is 5.97. The molecule has 0 aliphatic heterocycles. The Hall–Kier alpha value is -3.22. The molecule has 7 heteroatoms. The van der Waals surface area contributed by atoms with Crippen LogP contribution < -0.4 is 5.32 Å². The number of benzene rings is 2. The molecule has 0 spiro atoms. The zero-order valence-electron chi connectivity index (χ0n) is 15.6. The summed E-state index contributed by atoms with van der Waals surface area (Å²) in [5, 5.41) is 11.1. The van der Waals surface area contributed by atoms with Crippen molar-refractivity contribution >= 4 is 22.9 Å². The maximum absolute atomic E-state index is 12.8. The molecule has 7 nitrogen and oxygen atoms in total. The number of ether oxygens (including phenoxy) is 1. The van der Waals surface area contributed by atoms with Gasteiger partial charge in [0.2, 0.25) is 0 Å². The normalized spacial score (nSPS) is 12.0. The fourth-order valence-electron chi connectivity index (χ4n) is 2.89. The predicted molar refractivity (Wildman–Crippen MR) is 101 cm³/mol. The van der Waals surface area contributed by atoms with Crippen LogP contribution in [-0.4, -0.2) is 34.0 Å². The van der Waals surface area contributed by atoms with Crippen molar-refractivity contribution in [1.82, 2.24) is 20.3 Å². The minimum Gasteiger partial charge on any atom is -0.469 e. The van der Waals surface area contributed by atoms with E-state index in [0.717, 1.165) is 16.6 Å². The Labute approximate surface area is 157 Å². The second-order valence-corrected chi connectivity index (χ2v) is 6.33. The summed E-state index contributed by atoms with van der Waals surface area (Å²) in [6, 6.07) is 12.5. The van der Waals surface area contributed by atoms with E-state index in [0.29, 0.717) is 17.6 Å². The first-order chi connectivity index (χ1) is 13.0. The average Bonchev–Trinajstić information content (AvgIpc) is 3.10. The van der Waals surface area contributed by atoms with Crippen molar-refractivity contribution in [2.75, 3.05) is 7.11 Å². The van der Waals surface area contributed by atoms with Crippen molar-refractivity contribution in [3.8, 4) is 0 Å². The number of nitrogens with one attached hydrogen (secondary N) is 1. The molecule has 1 atom stereocenters. The molecule has 1 aromatic heterocycles. The fourth-order valence-corrected chi connectivity index (χ4v) is 2.89. The van der Waals surface area contributed by atoms with Crippen LogP contribution in [0.15, 0.2) is 42.5 Å². The number of methoxy groups -OCH3 is 1. The van der Waals surface area contributed by atoms with Crippen molar-refractivity contribution in [2.45, 2.75) is 32.9 Å². The maximum Gasteiger partial charge on any atom is 0.307 e. The SMILES string of the molecule is CCn1nnc2cc(C(=O)N[C@H](CC(=O)OC)c3ccc(C)cc3)ccc21. The number of carbonyl (C=O) groups is 2. The van der Waals surface area contributed by atoms with Crippen molar-refractivity contribution in [1.29, 1.82) is 0 Å². The van der Waals surface area contributed by atoms with Crippen LogP contribution in [0.2, 0.25) is 0 Å². The minimum absolute atomic E-state index is 0.0551. The van der Waals surface area contributed by atoms with Crippen LogP contribution in [0.1, 0.15) is 40.9 Å². The number of aromatic nitrogens is 3. The van der Waals surface area contributed by atoms with E-state index in [1.807, 2.05) is 44.2 Å². The number of carbonyl (C=O) groups excluding carboxylic acids is 2. The second-order valence-electron chi connectivity index (χ2n) is 6.33. The minimum atomic E-state index is -0.479. The molecule has 3 rings (SSSR count). The lowest BCUT2D eigenvalue weighted by atomic mass is 10.0. The monoisotopic (exact) mass is 366 g/mol. The summed E-state index contributed by atoms with van der Waals surface area (Å²) in [4.78, 5) is 24.6. The van der Waals surface area contributed by atoms with Gasteiger partial charge in [0.25, 0.3) is 5.91 Å². The summed E-state index contributed by atoms with van der Waals surface area (Å²) in [6.45, 7) is 4.67. The van der Waals surface area contributed by atoms with Crippen LogP contribution in [0.3, 0.4) is 0 Å². The summed E-state index contributed by atoms with van der Waals surface area (Å²) < 4.78 is 6.54. The number of hydrogen-bond donors (Lipinski definition) is 1. The van der Waals surface area contributed by atoms with Crippen LogP contribution >= 0.6 is 0 Å². The van der Waals surface area contributed by atoms with Gasteiger partial charge in [-0.3, -0.25) is 9.59 Å². The van der Waals surface area contributed by atoms with E-state index in [9.17, 15) is 9.59 Å². The Bertz CT molecular complexity index is 963. The third-order valence-corrected chi connectivity index (χ3v) is 4.46. The fraction of sp³-hybridized carbons (Fsp3) is 0.300. The van der Waals surface area contributed by atoms with Gasteiger partial charge in [-0.2, -0.15) is 0 Å². The van der Waals surface area contributed by atoms with Crippen molar-refractivity contribution < 1.29 is 14.3 Å². The van der Waals surface area contributed by atoms with Gasteiger partial charge >= 0.3 is 5.97 Å². The molecule has 0 bridgehead atoms. The van der Waals surface area contributed by atoms with Crippen LogP contribution in [-0.2, 0) is 16.1 Å². The average molecular weight is 366 g/mol. The van der Waals surface area contributed by atoms with E-state index in [4.69, 9.17) is 4.74 Å². The second kappa shape index (κ2) is 7.99. The Morgan fingerprint density at radius 1 is 1.19 bits per heavy atom. The van der Waals surface area contributed by atoms with Crippen molar-refractivity contribution in [2.24, 2.45) is 0 Å². The lowest BCUT2D eigenvalue weighted by molar-refractivity contribution is -0.141. The lowest BCUT2D eigenvalue weighted by Gasteiger charge is -2.18. The molecule has 0 radical (unpaired) electrons. The first kappa shape index (κ1) is 18.6. The number of aryl methyl sites for hydroxylation is 2. The van der Waals surface area contributed by atoms with Crippen LogP contribution in [0.5, 0.6) is 0 Å². The van der Waals surface area contributed by atoms with E-state index >= 15 is 0 Å². The molecular formula is C20H22N4O3. The number of esters is 1. The molecule has 0 saturated carbocycles. The summed E-state index contributed by atoms with van der Waals surface area (Å²) in [6.07, 6.45) is 0.0551. The largest absolute Gasteiger partial charge is 0.469 e. The van der Waals surface area contributed by atoms with Crippen LogP contribution in [0.25, 0.3) is 11.0 Å². The molecule has 0 fully saturated rings. The molecule has 0 unspecified atom stereocenters. The van der Waals surface area contributed by atoms with Gasteiger partial charge in [-0.05, 0) is 37.6 Å². The summed E-state index contributed by atoms with van der Waals surface area (Å²) in [7, 11) is 1.33. The number of hydrogen-bond acceptors (Lipinski definition) is 5. The van der Waals surface area contributed by atoms with Crippen molar-refractivity contribution in [3.05, 3.63) is 59.2 Å². The number of rotatable bonds is 6. The van der Waals surface area contributed by atoms with E-state index < -0.39 is 6.04 Å². The van der Waals surface area contributed by atoms with Gasteiger partial charge in [0.05, 0.1) is 25.1 Å². The molecule has 1 amide bonds. The van der Waals surface area contributed by atoms with Gasteiger partial charge in [0.15, 0.2) is 0 Å². The summed E-state index contributed by atoms with van der Waals surface area (Å²) in [5.74, 6) is -0.667. The molecule has 140 valence electrons. The highest BCUT2D eigenvalue weighted by Crippen LogP contribution is 2.20. The lowest BCUT2D eigenvalue weighted by Crippen LogP contribution is -2.30. The highest BCUT2D eigenvalue weighted by atomic mass is 16.5. The molecule has 1 N–H and O–H groups in total. The number of amides is 1. The topological polar surface area (TPSA) is 86.1 Å². The molecule has 0 aliphatic rings. The van der Waals surface area contributed by atoms with Crippen LogP contribution in [0, 0.1) is 6.92 Å². The smallest absolute Gasteiger partial charge is 0.307 e. The number of nitrogens with zero attached hydrogens (tertiary/aromatic N) is 3. The van der Waals surface area contributed by atoms with E-state index in [-0.39, 0.29) is 18.3 Å². The van der Waals surface area contributed by atoms with Gasteiger partial charge in [-0.15, -0.1) is 5.10 Å². The van der Waals surface area contributed by atoms with E-state index in [2.05, 4.69) is 15.6 Å². The Balaban J connectivity index is 1.84. The molecule has 3 aromatic rings. The van der Waals surface area contributed by atoms with Crippen molar-refractivity contribution in [3.63, 3.8) is 0 Å². The Morgan fingerprint density at radius 2 is 1.93 bits per heavy atom. The van der Waals surface area contributed by atoms with Gasteiger partial charge in [-0.25, -0.2) is 4.68 Å².